The molecule has 0 radical (unpaired) electrons. The van der Waals surface area contributed by atoms with Crippen molar-refractivity contribution in [3.63, 3.8) is 0 Å². The summed E-state index contributed by atoms with van der Waals surface area (Å²) in [4.78, 5) is 3.69. The zero-order valence-electron chi connectivity index (χ0n) is 10.00. The molecule has 1 N–H and O–H groups in total. The Morgan fingerprint density at radius 2 is 1.89 bits per heavy atom. The number of ether oxygens (including phenoxy) is 1. The van der Waals surface area contributed by atoms with E-state index in [1.807, 2.05) is 0 Å². The number of pyridine rings is 1. The molecule has 0 fully saturated rings. The molecule has 0 unspecified atom stereocenters. The number of rotatable bonds is 4. The maximum absolute atomic E-state index is 12.1. The fourth-order valence-electron chi connectivity index (χ4n) is 1.43. The lowest BCUT2D eigenvalue weighted by Crippen LogP contribution is -2.13. The predicted octanol–water partition coefficient (Wildman–Crippen LogP) is 2.54. The van der Waals surface area contributed by atoms with Gasteiger partial charge in [0.1, 0.15) is 10.6 Å². The fraction of sp³-hybridized carbons (Fsp3) is 0.0833. The van der Waals surface area contributed by atoms with Crippen LogP contribution in [0.25, 0.3) is 0 Å². The van der Waals surface area contributed by atoms with Gasteiger partial charge < -0.3 is 4.74 Å². The molecule has 2 rings (SSSR count). The Kier molecular flexibility index (Phi) is 3.92. The highest BCUT2D eigenvalue weighted by molar-refractivity contribution is 7.92. The first-order valence-corrected chi connectivity index (χ1v) is 7.15. The van der Waals surface area contributed by atoms with Crippen LogP contribution in [-0.2, 0) is 10.0 Å². The first kappa shape index (κ1) is 13.6. The normalized spacial score (nSPS) is 11.1. The second kappa shape index (κ2) is 5.46. The van der Waals surface area contributed by atoms with Crippen LogP contribution in [0, 0.1) is 0 Å². The largest absolute Gasteiger partial charge is 0.497 e. The molecule has 0 amide bonds. The molecular formula is C12H11ClN2O3S. The van der Waals surface area contributed by atoms with E-state index in [4.69, 9.17) is 16.3 Å². The summed E-state index contributed by atoms with van der Waals surface area (Å²) < 4.78 is 31.6. The van der Waals surface area contributed by atoms with Crippen molar-refractivity contribution in [3.05, 3.63) is 47.7 Å². The minimum absolute atomic E-state index is 0.0625. The van der Waals surface area contributed by atoms with Crippen molar-refractivity contribution in [2.45, 2.75) is 4.90 Å². The monoisotopic (exact) mass is 298 g/mol. The van der Waals surface area contributed by atoms with Crippen molar-refractivity contribution >= 4 is 27.3 Å². The molecule has 5 nitrogen and oxygen atoms in total. The number of hydrogen-bond acceptors (Lipinski definition) is 4. The topological polar surface area (TPSA) is 68.3 Å². The van der Waals surface area contributed by atoms with Gasteiger partial charge >= 0.3 is 0 Å². The van der Waals surface area contributed by atoms with E-state index in [0.29, 0.717) is 11.4 Å². The molecule has 0 aliphatic rings. The second-order valence-corrected chi connectivity index (χ2v) is 5.70. The van der Waals surface area contributed by atoms with E-state index in [-0.39, 0.29) is 9.92 Å². The van der Waals surface area contributed by atoms with Crippen molar-refractivity contribution in [1.82, 2.24) is 4.98 Å². The average molecular weight is 299 g/mol. The zero-order chi connectivity index (χ0) is 13.9. The summed E-state index contributed by atoms with van der Waals surface area (Å²) in [6.07, 6.45) is 2.63. The molecule has 0 aliphatic carbocycles. The van der Waals surface area contributed by atoms with Crippen molar-refractivity contribution in [3.8, 4) is 5.75 Å². The molecule has 0 saturated carbocycles. The van der Waals surface area contributed by atoms with Gasteiger partial charge in [0.25, 0.3) is 10.0 Å². The van der Waals surface area contributed by atoms with Gasteiger partial charge in [0, 0.05) is 18.1 Å². The number of aromatic nitrogens is 1. The van der Waals surface area contributed by atoms with Crippen molar-refractivity contribution in [1.29, 1.82) is 0 Å². The number of methoxy groups -OCH3 is 1. The summed E-state index contributed by atoms with van der Waals surface area (Å²) >= 11 is 5.84. The number of halogens is 1. The Labute approximate surface area is 116 Å². The van der Waals surface area contributed by atoms with Crippen LogP contribution >= 0.6 is 11.6 Å². The van der Waals surface area contributed by atoms with Gasteiger partial charge in [-0.2, -0.15) is 0 Å². The summed E-state index contributed by atoms with van der Waals surface area (Å²) in [5, 5.41) is 0.121. The Morgan fingerprint density at radius 1 is 1.21 bits per heavy atom. The highest BCUT2D eigenvalue weighted by atomic mass is 35.5. The second-order valence-electron chi connectivity index (χ2n) is 3.64. The maximum atomic E-state index is 12.1. The third-order valence-electron chi connectivity index (χ3n) is 2.37. The van der Waals surface area contributed by atoms with E-state index < -0.39 is 10.0 Å². The molecular weight excluding hydrogens is 288 g/mol. The van der Waals surface area contributed by atoms with Crippen LogP contribution in [0.15, 0.2) is 47.6 Å². The number of nitrogens with zero attached hydrogens (tertiary/aromatic N) is 1. The minimum Gasteiger partial charge on any atom is -0.497 e. The van der Waals surface area contributed by atoms with E-state index in [1.54, 1.807) is 24.3 Å². The van der Waals surface area contributed by atoms with Crippen LogP contribution in [0.5, 0.6) is 5.75 Å². The number of benzene rings is 1. The van der Waals surface area contributed by atoms with E-state index in [2.05, 4.69) is 9.71 Å². The molecule has 1 aromatic carbocycles. The van der Waals surface area contributed by atoms with Crippen molar-refractivity contribution in [2.75, 3.05) is 11.8 Å². The van der Waals surface area contributed by atoms with Crippen LogP contribution in [0.2, 0.25) is 5.02 Å². The van der Waals surface area contributed by atoms with E-state index >= 15 is 0 Å². The lowest BCUT2D eigenvalue weighted by Gasteiger charge is -2.09. The van der Waals surface area contributed by atoms with Crippen molar-refractivity contribution in [2.24, 2.45) is 0 Å². The summed E-state index contributed by atoms with van der Waals surface area (Å²) in [7, 11) is -2.21. The van der Waals surface area contributed by atoms with Gasteiger partial charge in [-0.15, -0.1) is 0 Å². The Bertz CT molecular complexity index is 672. The standard InChI is InChI=1S/C12H11ClN2O3S/c1-18-10-4-2-9(3-5-10)15-19(16,17)12-8-14-7-6-11(12)13/h2-8,15H,1H3. The Morgan fingerprint density at radius 3 is 2.47 bits per heavy atom. The Balaban J connectivity index is 2.28. The lowest BCUT2D eigenvalue weighted by molar-refractivity contribution is 0.415. The molecule has 7 heteroatoms. The van der Waals surface area contributed by atoms with E-state index in [9.17, 15) is 8.42 Å². The molecule has 19 heavy (non-hydrogen) atoms. The Hall–Kier alpha value is -1.79. The maximum Gasteiger partial charge on any atom is 0.264 e. The smallest absolute Gasteiger partial charge is 0.264 e. The van der Waals surface area contributed by atoms with Crippen LogP contribution in [-0.4, -0.2) is 20.5 Å². The predicted molar refractivity (Wildman–Crippen MR) is 73.0 cm³/mol. The zero-order valence-corrected chi connectivity index (χ0v) is 11.6. The summed E-state index contributed by atoms with van der Waals surface area (Å²) in [5.41, 5.74) is 0.417. The molecule has 1 aromatic heterocycles. The van der Waals surface area contributed by atoms with Gasteiger partial charge in [-0.25, -0.2) is 8.42 Å². The first-order valence-electron chi connectivity index (χ1n) is 5.29. The quantitative estimate of drug-likeness (QED) is 0.942. The SMILES string of the molecule is COc1ccc(NS(=O)(=O)c2cnccc2Cl)cc1. The summed E-state index contributed by atoms with van der Waals surface area (Å²) in [6, 6.07) is 7.93. The number of nitrogens with one attached hydrogen (secondary N) is 1. The average Bonchev–Trinajstić information content (AvgIpc) is 2.39. The molecule has 0 saturated heterocycles. The fourth-order valence-corrected chi connectivity index (χ4v) is 2.92. The molecule has 1 heterocycles. The van der Waals surface area contributed by atoms with Crippen molar-refractivity contribution < 1.29 is 13.2 Å². The van der Waals surface area contributed by atoms with Gasteiger partial charge in [-0.1, -0.05) is 11.6 Å². The molecule has 2 aromatic rings. The molecule has 0 aliphatic heterocycles. The molecule has 0 spiro atoms. The third-order valence-corrected chi connectivity index (χ3v) is 4.22. The summed E-state index contributed by atoms with van der Waals surface area (Å²) in [6.45, 7) is 0. The van der Waals surface area contributed by atoms with E-state index in [0.717, 1.165) is 0 Å². The van der Waals surface area contributed by atoms with Crippen LogP contribution in [0.1, 0.15) is 0 Å². The third kappa shape index (κ3) is 3.15. The van der Waals surface area contributed by atoms with Gasteiger partial charge in [-0.3, -0.25) is 9.71 Å². The van der Waals surface area contributed by atoms with Crippen LogP contribution in [0.4, 0.5) is 5.69 Å². The molecule has 100 valence electrons. The molecule has 0 bridgehead atoms. The minimum atomic E-state index is -3.75. The number of sulfonamides is 1. The van der Waals surface area contributed by atoms with Crippen LogP contribution < -0.4 is 9.46 Å². The van der Waals surface area contributed by atoms with E-state index in [1.165, 1.54) is 25.6 Å². The van der Waals surface area contributed by atoms with Crippen LogP contribution in [0.3, 0.4) is 0 Å². The van der Waals surface area contributed by atoms with Gasteiger partial charge in [0.2, 0.25) is 0 Å². The number of hydrogen-bond donors (Lipinski definition) is 1. The highest BCUT2D eigenvalue weighted by Gasteiger charge is 2.17. The molecule has 0 atom stereocenters. The summed E-state index contributed by atoms with van der Waals surface area (Å²) in [5.74, 6) is 0.641. The lowest BCUT2D eigenvalue weighted by atomic mass is 10.3. The highest BCUT2D eigenvalue weighted by Crippen LogP contribution is 2.23. The number of anilines is 1. The van der Waals surface area contributed by atoms with Gasteiger partial charge in [0.05, 0.1) is 12.1 Å². The van der Waals surface area contributed by atoms with Gasteiger partial charge in [-0.05, 0) is 30.3 Å². The first-order chi connectivity index (χ1) is 9.03. The van der Waals surface area contributed by atoms with Gasteiger partial charge in [0.15, 0.2) is 0 Å².